The van der Waals surface area contributed by atoms with Gasteiger partial charge in [-0.2, -0.15) is 28.1 Å². The van der Waals surface area contributed by atoms with Gasteiger partial charge in [-0.25, -0.2) is 0 Å². The Kier molecular flexibility index (Phi) is 9.27. The van der Waals surface area contributed by atoms with E-state index >= 15 is 0 Å². The molecule has 1 aromatic heterocycles. The SMILES string of the molecule is CC1=CC(NC(=O)C(=O)N2CCC3(CCN(C(=O)c4ccc(Nc5nc(NC6(c7ccc(Cl)cc7)CC6)nc(OCC(F)(F)F)n5)cc4)C3)C2)=NC1. The third-order valence-corrected chi connectivity index (χ3v) is 9.89. The van der Waals surface area contributed by atoms with E-state index in [1.54, 1.807) is 52.3 Å². The van der Waals surface area contributed by atoms with Crippen molar-refractivity contribution in [3.8, 4) is 6.01 Å². The Balaban J connectivity index is 0.986. The molecule has 272 valence electrons. The fourth-order valence-electron chi connectivity index (χ4n) is 6.75. The molecule has 0 radical (unpaired) electrons. The molecule has 1 spiro atoms. The molecule has 52 heavy (non-hydrogen) atoms. The topological polar surface area (TPSA) is 154 Å². The van der Waals surface area contributed by atoms with E-state index in [9.17, 15) is 27.6 Å². The molecule has 4 aliphatic rings. The monoisotopic (exact) mass is 737 g/mol. The molecule has 17 heteroatoms. The maximum Gasteiger partial charge on any atom is 0.422 e. The quantitative estimate of drug-likeness (QED) is 0.276. The second-order valence-corrected chi connectivity index (χ2v) is 14.1. The molecule has 1 unspecified atom stereocenters. The summed E-state index contributed by atoms with van der Waals surface area (Å²) >= 11 is 6.05. The van der Waals surface area contributed by atoms with Gasteiger partial charge in [-0.05, 0) is 86.2 Å². The molecule has 3 N–H and O–H groups in total. The third-order valence-electron chi connectivity index (χ3n) is 9.63. The van der Waals surface area contributed by atoms with Gasteiger partial charge in [-0.3, -0.25) is 19.4 Å². The van der Waals surface area contributed by atoms with Crippen molar-refractivity contribution in [2.24, 2.45) is 10.4 Å². The van der Waals surface area contributed by atoms with Gasteiger partial charge in [0.1, 0.15) is 5.84 Å². The number of amides is 3. The maximum absolute atomic E-state index is 13.5. The molecular weight excluding hydrogens is 703 g/mol. The summed E-state index contributed by atoms with van der Waals surface area (Å²) in [4.78, 5) is 58.9. The zero-order chi connectivity index (χ0) is 36.7. The lowest BCUT2D eigenvalue weighted by molar-refractivity contribution is -0.154. The minimum atomic E-state index is -4.60. The van der Waals surface area contributed by atoms with Crippen molar-refractivity contribution >= 4 is 52.7 Å². The average molecular weight is 738 g/mol. The Labute approximate surface area is 301 Å². The van der Waals surface area contributed by atoms with Crippen LogP contribution in [0.15, 0.2) is 65.2 Å². The molecule has 4 heterocycles. The van der Waals surface area contributed by atoms with E-state index in [4.69, 9.17) is 16.3 Å². The summed E-state index contributed by atoms with van der Waals surface area (Å²) in [6, 6.07) is 13.3. The lowest BCUT2D eigenvalue weighted by Gasteiger charge is -2.24. The van der Waals surface area contributed by atoms with E-state index in [1.807, 2.05) is 19.1 Å². The fourth-order valence-corrected chi connectivity index (χ4v) is 6.88. The summed E-state index contributed by atoms with van der Waals surface area (Å²) < 4.78 is 43.8. The molecule has 3 aromatic rings. The van der Waals surface area contributed by atoms with Crippen molar-refractivity contribution < 1.29 is 32.3 Å². The summed E-state index contributed by atoms with van der Waals surface area (Å²) in [5.41, 5.74) is 2.03. The fraction of sp³-hybridized carbons (Fsp3) is 0.400. The van der Waals surface area contributed by atoms with Crippen LogP contribution < -0.4 is 20.7 Å². The standard InChI is InChI=1S/C35H35ClF3N9O4/c1-21-16-26(40-17-21)42-27(49)29(51)48-15-13-33(19-48)12-14-47(18-33)28(50)22-2-8-25(9-3-22)41-30-43-31(45-32(44-30)52-20-35(37,38)39)46-34(10-11-34)23-4-6-24(36)7-5-23/h2-9,16H,10-15,17-20H2,1H3,(H,40,42,49)(H2,41,43,44,45,46). The number of aromatic nitrogens is 3. The van der Waals surface area contributed by atoms with Gasteiger partial charge in [0, 0.05) is 47.9 Å². The summed E-state index contributed by atoms with van der Waals surface area (Å²) in [6.45, 7) is 2.57. The first-order valence-corrected chi connectivity index (χ1v) is 17.1. The smallest absolute Gasteiger partial charge is 0.422 e. The van der Waals surface area contributed by atoms with Crippen LogP contribution in [0.2, 0.25) is 5.02 Å². The molecule has 3 aliphatic heterocycles. The lowest BCUT2D eigenvalue weighted by Crippen LogP contribution is -2.44. The van der Waals surface area contributed by atoms with Crippen molar-refractivity contribution in [2.75, 3.05) is 50.0 Å². The summed E-state index contributed by atoms with van der Waals surface area (Å²) in [7, 11) is 0. The molecule has 7 rings (SSSR count). The Morgan fingerprint density at radius 3 is 2.23 bits per heavy atom. The highest BCUT2D eigenvalue weighted by molar-refractivity contribution is 6.38. The number of carbonyl (C=O) groups excluding carboxylic acids is 3. The number of aliphatic imine (C=N–C) groups is 1. The molecule has 3 fully saturated rings. The zero-order valence-electron chi connectivity index (χ0n) is 28.1. The summed E-state index contributed by atoms with van der Waals surface area (Å²) in [5.74, 6) is -1.16. The third kappa shape index (κ3) is 7.96. The van der Waals surface area contributed by atoms with E-state index in [0.29, 0.717) is 67.7 Å². The van der Waals surface area contributed by atoms with Crippen LogP contribution in [0.1, 0.15) is 48.5 Å². The van der Waals surface area contributed by atoms with E-state index in [2.05, 4.69) is 35.9 Å². The van der Waals surface area contributed by atoms with Crippen molar-refractivity contribution in [3.63, 3.8) is 0 Å². The van der Waals surface area contributed by atoms with Crippen molar-refractivity contribution in [3.05, 3.63) is 76.3 Å². The normalized spacial score (nSPS) is 20.4. The number of nitrogens with one attached hydrogen (secondary N) is 3. The number of carbonyl (C=O) groups is 3. The molecular formula is C35H35ClF3N9O4. The van der Waals surface area contributed by atoms with Gasteiger partial charge in [0.25, 0.3) is 5.91 Å². The number of rotatable bonds is 8. The molecule has 13 nitrogen and oxygen atoms in total. The van der Waals surface area contributed by atoms with E-state index in [1.165, 1.54) is 0 Å². The Bertz CT molecular complexity index is 1950. The first kappa shape index (κ1) is 35.2. The summed E-state index contributed by atoms with van der Waals surface area (Å²) in [6.07, 6.45) is 0.0125. The molecule has 0 bridgehead atoms. The second-order valence-electron chi connectivity index (χ2n) is 13.7. The van der Waals surface area contributed by atoms with Gasteiger partial charge in [0.2, 0.25) is 11.9 Å². The van der Waals surface area contributed by atoms with Crippen LogP contribution in [0.4, 0.5) is 30.8 Å². The number of hydrogen-bond donors (Lipinski definition) is 3. The maximum atomic E-state index is 13.5. The molecule has 2 saturated heterocycles. The van der Waals surface area contributed by atoms with Gasteiger partial charge in [0.05, 0.1) is 12.1 Å². The van der Waals surface area contributed by atoms with Crippen molar-refractivity contribution in [1.82, 2.24) is 30.1 Å². The molecule has 1 atom stereocenters. The highest BCUT2D eigenvalue weighted by Crippen LogP contribution is 2.48. The largest absolute Gasteiger partial charge is 0.454 e. The van der Waals surface area contributed by atoms with Crippen LogP contribution in [0.5, 0.6) is 6.01 Å². The van der Waals surface area contributed by atoms with Gasteiger partial charge >= 0.3 is 24.0 Å². The average Bonchev–Trinajstić information content (AvgIpc) is 3.39. The molecule has 3 amide bonds. The number of anilines is 3. The van der Waals surface area contributed by atoms with Crippen LogP contribution >= 0.6 is 11.6 Å². The first-order chi connectivity index (χ1) is 24.8. The van der Waals surface area contributed by atoms with Crippen molar-refractivity contribution in [1.29, 1.82) is 0 Å². The van der Waals surface area contributed by atoms with Gasteiger partial charge in [-0.1, -0.05) is 23.7 Å². The van der Waals surface area contributed by atoms with Crippen LogP contribution in [-0.2, 0) is 15.1 Å². The van der Waals surface area contributed by atoms with Gasteiger partial charge < -0.3 is 30.5 Å². The Hall–Kier alpha value is -5.25. The van der Waals surface area contributed by atoms with Crippen LogP contribution in [0.25, 0.3) is 0 Å². The number of hydrogen-bond acceptors (Lipinski definition) is 10. The second kappa shape index (κ2) is 13.7. The van der Waals surface area contributed by atoms with E-state index < -0.39 is 36.1 Å². The number of benzene rings is 2. The minimum Gasteiger partial charge on any atom is -0.454 e. The summed E-state index contributed by atoms with van der Waals surface area (Å²) in [5, 5.41) is 9.36. The molecule has 1 aliphatic carbocycles. The predicted molar refractivity (Wildman–Crippen MR) is 185 cm³/mol. The Morgan fingerprint density at radius 2 is 1.58 bits per heavy atom. The van der Waals surface area contributed by atoms with E-state index in [0.717, 1.165) is 24.0 Å². The van der Waals surface area contributed by atoms with Gasteiger partial charge in [-0.15, -0.1) is 0 Å². The van der Waals surface area contributed by atoms with Crippen molar-refractivity contribution in [2.45, 2.75) is 44.3 Å². The highest BCUT2D eigenvalue weighted by atomic mass is 35.5. The number of halogens is 4. The van der Waals surface area contributed by atoms with E-state index in [-0.39, 0.29) is 23.2 Å². The number of amidine groups is 1. The molecule has 1 saturated carbocycles. The number of nitrogens with zero attached hydrogens (tertiary/aromatic N) is 6. The number of alkyl halides is 3. The number of ether oxygens (including phenoxy) is 1. The Morgan fingerprint density at radius 1 is 0.904 bits per heavy atom. The highest BCUT2D eigenvalue weighted by Gasteiger charge is 2.47. The van der Waals surface area contributed by atoms with Crippen LogP contribution in [0, 0.1) is 5.41 Å². The lowest BCUT2D eigenvalue weighted by atomic mass is 9.86. The zero-order valence-corrected chi connectivity index (χ0v) is 28.9. The van der Waals surface area contributed by atoms with Gasteiger partial charge in [0.15, 0.2) is 6.61 Å². The minimum absolute atomic E-state index is 0.0279. The van der Waals surface area contributed by atoms with Crippen LogP contribution in [-0.4, -0.2) is 93.8 Å². The predicted octanol–water partition coefficient (Wildman–Crippen LogP) is 4.85. The first-order valence-electron chi connectivity index (χ1n) is 16.8. The van der Waals surface area contributed by atoms with Crippen LogP contribution in [0.3, 0.4) is 0 Å². The number of likely N-dealkylation sites (tertiary alicyclic amines) is 2. The molecule has 2 aromatic carbocycles.